The van der Waals surface area contributed by atoms with Gasteiger partial charge in [0.15, 0.2) is 0 Å². The largest absolute Gasteiger partial charge is 0.477 e. The van der Waals surface area contributed by atoms with Gasteiger partial charge in [-0.05, 0) is 6.42 Å². The van der Waals surface area contributed by atoms with Crippen molar-refractivity contribution in [2.45, 2.75) is 19.9 Å². The molecule has 1 aromatic rings. The highest BCUT2D eigenvalue weighted by Gasteiger charge is 2.11. The zero-order valence-corrected chi connectivity index (χ0v) is 6.70. The number of nitrogens with zero attached hydrogens (tertiary/aromatic N) is 1. The van der Waals surface area contributed by atoms with E-state index in [-0.39, 0.29) is 11.4 Å². The first-order valence-corrected chi connectivity index (χ1v) is 3.68. The van der Waals surface area contributed by atoms with Gasteiger partial charge in [-0.15, -0.1) is 0 Å². The molecule has 0 aliphatic rings. The van der Waals surface area contributed by atoms with E-state index in [0.29, 0.717) is 6.54 Å². The average molecular weight is 170 g/mol. The highest BCUT2D eigenvalue weighted by Crippen LogP contribution is 1.95. The van der Waals surface area contributed by atoms with Crippen LogP contribution >= 0.6 is 0 Å². The summed E-state index contributed by atoms with van der Waals surface area (Å²) in [5.41, 5.74) is -0.351. The van der Waals surface area contributed by atoms with Crippen LogP contribution < -0.4 is 5.69 Å². The monoisotopic (exact) mass is 170 g/mol. The van der Waals surface area contributed by atoms with E-state index in [1.807, 2.05) is 6.92 Å². The van der Waals surface area contributed by atoms with Gasteiger partial charge in [0.1, 0.15) is 5.69 Å². The van der Waals surface area contributed by atoms with Gasteiger partial charge in [0.2, 0.25) is 0 Å². The second-order valence-corrected chi connectivity index (χ2v) is 2.44. The van der Waals surface area contributed by atoms with Crippen LogP contribution in [0.5, 0.6) is 0 Å². The van der Waals surface area contributed by atoms with Crippen molar-refractivity contribution in [2.24, 2.45) is 0 Å². The van der Waals surface area contributed by atoms with Crippen LogP contribution in [0.3, 0.4) is 0 Å². The number of carboxylic acid groups (broad SMARTS) is 1. The Bertz CT molecular complexity index is 337. The van der Waals surface area contributed by atoms with E-state index in [4.69, 9.17) is 5.11 Å². The number of carboxylic acids is 1. The fraction of sp³-hybridized carbons (Fsp3) is 0.429. The number of aromatic carboxylic acids is 1. The smallest absolute Gasteiger partial charge is 0.354 e. The fourth-order valence-electron chi connectivity index (χ4n) is 1.02. The molecule has 0 atom stereocenters. The minimum atomic E-state index is -1.08. The lowest BCUT2D eigenvalue weighted by Crippen LogP contribution is -2.20. The molecule has 0 spiro atoms. The van der Waals surface area contributed by atoms with Gasteiger partial charge in [-0.3, -0.25) is 4.57 Å². The molecule has 0 saturated heterocycles. The molecular formula is C7H10N2O3. The lowest BCUT2D eigenvalue weighted by Gasteiger charge is -1.99. The average Bonchev–Trinajstić information content (AvgIpc) is 2.34. The second kappa shape index (κ2) is 3.25. The third kappa shape index (κ3) is 1.39. The van der Waals surface area contributed by atoms with E-state index in [9.17, 15) is 9.59 Å². The number of carbonyl (C=O) groups is 1. The molecule has 0 aliphatic heterocycles. The number of H-pyrrole nitrogens is 1. The minimum absolute atomic E-state index is 0.0156. The number of hydrogen-bond acceptors (Lipinski definition) is 2. The summed E-state index contributed by atoms with van der Waals surface area (Å²) in [6.45, 7) is 2.31. The van der Waals surface area contributed by atoms with Crippen LogP contribution in [0, 0.1) is 0 Å². The van der Waals surface area contributed by atoms with Gasteiger partial charge < -0.3 is 10.1 Å². The molecule has 12 heavy (non-hydrogen) atoms. The summed E-state index contributed by atoms with van der Waals surface area (Å²) >= 11 is 0. The Morgan fingerprint density at radius 3 is 2.92 bits per heavy atom. The van der Waals surface area contributed by atoms with Crippen molar-refractivity contribution in [3.8, 4) is 0 Å². The maximum Gasteiger partial charge on any atom is 0.354 e. The van der Waals surface area contributed by atoms with E-state index in [2.05, 4.69) is 4.98 Å². The number of aromatic amines is 1. The summed E-state index contributed by atoms with van der Waals surface area (Å²) in [7, 11) is 0. The standard InChI is InChI=1S/C7H10N2O3/c1-2-3-9-5(6(10)11)4-8-7(9)12/h4H,2-3H2,1H3,(H,8,12)(H,10,11). The quantitative estimate of drug-likeness (QED) is 0.684. The molecule has 5 nitrogen and oxygen atoms in total. The number of rotatable bonds is 3. The van der Waals surface area contributed by atoms with E-state index < -0.39 is 5.97 Å². The third-order valence-corrected chi connectivity index (χ3v) is 1.53. The molecule has 0 unspecified atom stereocenters. The molecule has 1 heterocycles. The van der Waals surface area contributed by atoms with E-state index in [1.165, 1.54) is 10.8 Å². The van der Waals surface area contributed by atoms with Gasteiger partial charge >= 0.3 is 11.7 Å². The van der Waals surface area contributed by atoms with Gasteiger partial charge in [0.05, 0.1) is 0 Å². The molecule has 1 aromatic heterocycles. The summed E-state index contributed by atoms with van der Waals surface area (Å²) in [6, 6.07) is 0. The normalized spacial score (nSPS) is 10.1. The Hall–Kier alpha value is -1.52. The number of aromatic nitrogens is 2. The fourth-order valence-corrected chi connectivity index (χ4v) is 1.02. The summed E-state index contributed by atoms with van der Waals surface area (Å²) in [6.07, 6.45) is 1.94. The molecule has 0 aromatic carbocycles. The zero-order valence-electron chi connectivity index (χ0n) is 6.70. The molecular weight excluding hydrogens is 160 g/mol. The SMILES string of the molecule is CCCn1c(C(=O)O)c[nH]c1=O. The minimum Gasteiger partial charge on any atom is -0.477 e. The van der Waals surface area contributed by atoms with Gasteiger partial charge in [-0.2, -0.15) is 0 Å². The van der Waals surface area contributed by atoms with Crippen LogP contribution in [0.2, 0.25) is 0 Å². The predicted molar refractivity (Wildman–Crippen MR) is 42.3 cm³/mol. The number of nitrogens with one attached hydrogen (secondary N) is 1. The first-order valence-electron chi connectivity index (χ1n) is 3.68. The van der Waals surface area contributed by atoms with E-state index >= 15 is 0 Å². The molecule has 1 rings (SSSR count). The summed E-state index contributed by atoms with van der Waals surface area (Å²) in [4.78, 5) is 23.8. The topological polar surface area (TPSA) is 75.1 Å². The van der Waals surface area contributed by atoms with Crippen molar-refractivity contribution in [3.05, 3.63) is 22.4 Å². The van der Waals surface area contributed by atoms with Crippen LogP contribution in [-0.4, -0.2) is 20.6 Å². The van der Waals surface area contributed by atoms with Crippen LogP contribution in [0.4, 0.5) is 0 Å². The lowest BCUT2D eigenvalue weighted by atomic mass is 10.4. The van der Waals surface area contributed by atoms with Crippen molar-refractivity contribution >= 4 is 5.97 Å². The summed E-state index contributed by atoms with van der Waals surface area (Å²) in [5, 5.41) is 8.63. The third-order valence-electron chi connectivity index (χ3n) is 1.53. The van der Waals surface area contributed by atoms with Gasteiger partial charge in [0, 0.05) is 12.7 Å². The van der Waals surface area contributed by atoms with Crippen molar-refractivity contribution in [3.63, 3.8) is 0 Å². The van der Waals surface area contributed by atoms with Crippen LogP contribution in [0.1, 0.15) is 23.8 Å². The highest BCUT2D eigenvalue weighted by molar-refractivity contribution is 5.85. The Kier molecular flexibility index (Phi) is 2.32. The number of imidazole rings is 1. The summed E-state index contributed by atoms with van der Waals surface area (Å²) in [5.74, 6) is -1.08. The van der Waals surface area contributed by atoms with Crippen molar-refractivity contribution in [1.82, 2.24) is 9.55 Å². The number of hydrogen-bond donors (Lipinski definition) is 2. The molecule has 2 N–H and O–H groups in total. The first kappa shape index (κ1) is 8.58. The molecule has 66 valence electrons. The van der Waals surface area contributed by atoms with E-state index in [1.54, 1.807) is 0 Å². The van der Waals surface area contributed by atoms with Gasteiger partial charge in [-0.1, -0.05) is 6.92 Å². The van der Waals surface area contributed by atoms with Gasteiger partial charge in [0.25, 0.3) is 0 Å². The second-order valence-electron chi connectivity index (χ2n) is 2.44. The highest BCUT2D eigenvalue weighted by atomic mass is 16.4. The lowest BCUT2D eigenvalue weighted by molar-refractivity contribution is 0.0684. The first-order chi connectivity index (χ1) is 5.66. The Labute approximate surface area is 68.6 Å². The molecule has 0 fully saturated rings. The van der Waals surface area contributed by atoms with Crippen LogP contribution in [0.25, 0.3) is 0 Å². The Morgan fingerprint density at radius 2 is 2.42 bits per heavy atom. The molecule has 0 aliphatic carbocycles. The van der Waals surface area contributed by atoms with Crippen molar-refractivity contribution in [2.75, 3.05) is 0 Å². The van der Waals surface area contributed by atoms with Crippen molar-refractivity contribution in [1.29, 1.82) is 0 Å². The van der Waals surface area contributed by atoms with Crippen LogP contribution in [-0.2, 0) is 6.54 Å². The van der Waals surface area contributed by atoms with E-state index in [0.717, 1.165) is 6.42 Å². The summed E-state index contributed by atoms with van der Waals surface area (Å²) < 4.78 is 1.21. The Balaban J connectivity index is 3.12. The zero-order chi connectivity index (χ0) is 9.14. The molecule has 0 radical (unpaired) electrons. The molecule has 0 amide bonds. The molecule has 0 saturated carbocycles. The molecule has 5 heteroatoms. The van der Waals surface area contributed by atoms with Crippen LogP contribution in [0.15, 0.2) is 11.0 Å². The maximum atomic E-state index is 11.0. The molecule has 0 bridgehead atoms. The Morgan fingerprint density at radius 1 is 1.75 bits per heavy atom. The van der Waals surface area contributed by atoms with Crippen molar-refractivity contribution < 1.29 is 9.90 Å². The maximum absolute atomic E-state index is 11.0. The predicted octanol–water partition coefficient (Wildman–Crippen LogP) is 0.285. The van der Waals surface area contributed by atoms with Gasteiger partial charge in [-0.25, -0.2) is 9.59 Å².